The van der Waals surface area contributed by atoms with Crippen molar-refractivity contribution in [2.45, 2.75) is 32.9 Å². The number of amides is 1. The quantitative estimate of drug-likeness (QED) is 0.885. The second-order valence-electron chi connectivity index (χ2n) is 5.14. The first-order valence-corrected chi connectivity index (χ1v) is 6.16. The number of nitrogens with one attached hydrogen (secondary N) is 1. The number of hydrogen-bond acceptors (Lipinski definition) is 5. The van der Waals surface area contributed by atoms with Gasteiger partial charge in [0.2, 0.25) is 0 Å². The number of alkyl carbamates (subject to hydrolysis) is 1. The summed E-state index contributed by atoms with van der Waals surface area (Å²) in [6, 6.07) is 1.74. The minimum absolute atomic E-state index is 0.238. The maximum Gasteiger partial charge on any atom is 0.407 e. The largest absolute Gasteiger partial charge is 0.486 e. The van der Waals surface area contributed by atoms with Gasteiger partial charge in [0, 0.05) is 12.3 Å². The standard InChI is InChI=1S/C13H18N2O4/c1-13(2,3)19-12(16)15-8-9-11-10(4-5-14-9)17-6-7-18-11/h4-5H,6-8H2,1-3H3,(H,15,16). The first kappa shape index (κ1) is 13.5. The van der Waals surface area contributed by atoms with Gasteiger partial charge >= 0.3 is 6.09 Å². The molecule has 0 aromatic carbocycles. The minimum atomic E-state index is -0.521. The summed E-state index contributed by atoms with van der Waals surface area (Å²) < 4.78 is 16.1. The van der Waals surface area contributed by atoms with E-state index in [1.165, 1.54) is 0 Å². The smallest absolute Gasteiger partial charge is 0.407 e. The fourth-order valence-electron chi connectivity index (χ4n) is 1.63. The lowest BCUT2D eigenvalue weighted by Gasteiger charge is -2.21. The maximum absolute atomic E-state index is 11.6. The maximum atomic E-state index is 11.6. The summed E-state index contributed by atoms with van der Waals surface area (Å²) in [5.41, 5.74) is 0.107. The molecule has 1 aliphatic rings. The molecule has 6 nitrogen and oxygen atoms in total. The average Bonchev–Trinajstić information content (AvgIpc) is 2.34. The first-order valence-electron chi connectivity index (χ1n) is 6.16. The molecule has 0 fully saturated rings. The molecule has 1 aromatic rings. The molecule has 0 atom stereocenters. The topological polar surface area (TPSA) is 69.7 Å². The molecule has 6 heteroatoms. The van der Waals surface area contributed by atoms with E-state index in [1.807, 2.05) is 20.8 Å². The van der Waals surface area contributed by atoms with Crippen molar-refractivity contribution in [3.8, 4) is 11.5 Å². The van der Waals surface area contributed by atoms with Crippen LogP contribution in [-0.4, -0.2) is 29.9 Å². The van der Waals surface area contributed by atoms with E-state index < -0.39 is 11.7 Å². The molecule has 0 unspecified atom stereocenters. The molecule has 2 rings (SSSR count). The normalized spacial score (nSPS) is 13.8. The molecule has 19 heavy (non-hydrogen) atoms. The van der Waals surface area contributed by atoms with E-state index in [2.05, 4.69) is 10.3 Å². The number of hydrogen-bond donors (Lipinski definition) is 1. The van der Waals surface area contributed by atoms with Gasteiger partial charge in [-0.3, -0.25) is 4.98 Å². The van der Waals surface area contributed by atoms with Gasteiger partial charge in [0.25, 0.3) is 0 Å². The second kappa shape index (κ2) is 5.34. The van der Waals surface area contributed by atoms with Crippen LogP contribution in [0.5, 0.6) is 11.5 Å². The number of nitrogens with zero attached hydrogens (tertiary/aromatic N) is 1. The summed E-state index contributed by atoms with van der Waals surface area (Å²) in [6.45, 7) is 6.68. The third kappa shape index (κ3) is 3.74. The Morgan fingerprint density at radius 2 is 2.16 bits per heavy atom. The van der Waals surface area contributed by atoms with E-state index in [0.29, 0.717) is 30.4 Å². The molecule has 1 aromatic heterocycles. The van der Waals surface area contributed by atoms with Gasteiger partial charge in [-0.15, -0.1) is 0 Å². The molecule has 1 aliphatic heterocycles. The molecule has 1 N–H and O–H groups in total. The Hall–Kier alpha value is -1.98. The molecule has 0 aliphatic carbocycles. The zero-order valence-electron chi connectivity index (χ0n) is 11.4. The van der Waals surface area contributed by atoms with Crippen molar-refractivity contribution in [3.05, 3.63) is 18.0 Å². The molecule has 0 saturated carbocycles. The van der Waals surface area contributed by atoms with Gasteiger partial charge in [0.15, 0.2) is 11.5 Å². The van der Waals surface area contributed by atoms with E-state index in [1.54, 1.807) is 12.3 Å². The lowest BCUT2D eigenvalue weighted by atomic mass is 10.2. The Kier molecular flexibility index (Phi) is 3.78. The summed E-state index contributed by atoms with van der Waals surface area (Å²) in [7, 11) is 0. The van der Waals surface area contributed by atoms with Crippen LogP contribution in [0.3, 0.4) is 0 Å². The first-order chi connectivity index (χ1) is 8.96. The highest BCUT2D eigenvalue weighted by Crippen LogP contribution is 2.31. The van der Waals surface area contributed by atoms with Gasteiger partial charge in [0.1, 0.15) is 24.5 Å². The summed E-state index contributed by atoms with van der Waals surface area (Å²) in [5, 5.41) is 2.65. The zero-order chi connectivity index (χ0) is 13.9. The molecule has 2 heterocycles. The number of ether oxygens (including phenoxy) is 3. The fourth-order valence-corrected chi connectivity index (χ4v) is 1.63. The highest BCUT2D eigenvalue weighted by molar-refractivity contribution is 5.67. The monoisotopic (exact) mass is 266 g/mol. The number of carbonyl (C=O) groups is 1. The molecular formula is C13H18N2O4. The Morgan fingerprint density at radius 3 is 2.89 bits per heavy atom. The van der Waals surface area contributed by atoms with E-state index in [-0.39, 0.29) is 6.54 Å². The van der Waals surface area contributed by atoms with Gasteiger partial charge in [-0.25, -0.2) is 4.79 Å². The highest BCUT2D eigenvalue weighted by Gasteiger charge is 2.19. The third-order valence-electron chi connectivity index (χ3n) is 2.33. The van der Waals surface area contributed by atoms with Crippen molar-refractivity contribution in [2.75, 3.05) is 13.2 Å². The van der Waals surface area contributed by atoms with Crippen LogP contribution in [-0.2, 0) is 11.3 Å². The Morgan fingerprint density at radius 1 is 1.42 bits per heavy atom. The van der Waals surface area contributed by atoms with E-state index in [0.717, 1.165) is 0 Å². The number of fused-ring (bicyclic) bond motifs is 1. The van der Waals surface area contributed by atoms with Crippen molar-refractivity contribution in [1.82, 2.24) is 10.3 Å². The lowest BCUT2D eigenvalue weighted by Crippen LogP contribution is -2.32. The number of rotatable bonds is 2. The minimum Gasteiger partial charge on any atom is -0.486 e. The zero-order valence-corrected chi connectivity index (χ0v) is 11.4. The van der Waals surface area contributed by atoms with E-state index in [9.17, 15) is 4.79 Å². The summed E-state index contributed by atoms with van der Waals surface area (Å²) in [6.07, 6.45) is 1.14. The van der Waals surface area contributed by atoms with Gasteiger partial charge in [-0.2, -0.15) is 0 Å². The molecule has 0 bridgehead atoms. The Labute approximate surface area is 112 Å². The van der Waals surface area contributed by atoms with E-state index in [4.69, 9.17) is 14.2 Å². The van der Waals surface area contributed by atoms with Gasteiger partial charge in [-0.1, -0.05) is 0 Å². The van der Waals surface area contributed by atoms with Crippen molar-refractivity contribution < 1.29 is 19.0 Å². The van der Waals surface area contributed by atoms with Crippen LogP contribution in [0.2, 0.25) is 0 Å². The predicted molar refractivity (Wildman–Crippen MR) is 68.3 cm³/mol. The fraction of sp³-hybridized carbons (Fsp3) is 0.538. The molecule has 0 radical (unpaired) electrons. The van der Waals surface area contributed by atoms with Gasteiger partial charge < -0.3 is 19.5 Å². The van der Waals surface area contributed by atoms with Crippen LogP contribution >= 0.6 is 0 Å². The second-order valence-corrected chi connectivity index (χ2v) is 5.14. The summed E-state index contributed by atoms with van der Waals surface area (Å²) in [5.74, 6) is 1.24. The molecular weight excluding hydrogens is 248 g/mol. The van der Waals surface area contributed by atoms with E-state index >= 15 is 0 Å². The Bertz CT molecular complexity index is 468. The summed E-state index contributed by atoms with van der Waals surface area (Å²) >= 11 is 0. The number of carbonyl (C=O) groups excluding carboxylic acids is 1. The lowest BCUT2D eigenvalue weighted by molar-refractivity contribution is 0.0522. The number of pyridine rings is 1. The van der Waals surface area contributed by atoms with Crippen LogP contribution in [0.4, 0.5) is 4.79 Å². The van der Waals surface area contributed by atoms with Crippen LogP contribution in [0.25, 0.3) is 0 Å². The van der Waals surface area contributed by atoms with Crippen LogP contribution < -0.4 is 14.8 Å². The van der Waals surface area contributed by atoms with Crippen molar-refractivity contribution >= 4 is 6.09 Å². The highest BCUT2D eigenvalue weighted by atomic mass is 16.6. The third-order valence-corrected chi connectivity index (χ3v) is 2.33. The number of aromatic nitrogens is 1. The molecule has 0 spiro atoms. The van der Waals surface area contributed by atoms with Gasteiger partial charge in [0.05, 0.1) is 6.54 Å². The average molecular weight is 266 g/mol. The van der Waals surface area contributed by atoms with Crippen LogP contribution in [0, 0.1) is 0 Å². The SMILES string of the molecule is CC(C)(C)OC(=O)NCc1nccc2c1OCCO2. The van der Waals surface area contributed by atoms with Crippen LogP contribution in [0.15, 0.2) is 12.3 Å². The van der Waals surface area contributed by atoms with Crippen molar-refractivity contribution in [2.24, 2.45) is 0 Å². The Balaban J connectivity index is 1.98. The van der Waals surface area contributed by atoms with Gasteiger partial charge in [-0.05, 0) is 20.8 Å². The molecule has 1 amide bonds. The van der Waals surface area contributed by atoms with Crippen molar-refractivity contribution in [1.29, 1.82) is 0 Å². The van der Waals surface area contributed by atoms with Crippen LogP contribution in [0.1, 0.15) is 26.5 Å². The predicted octanol–water partition coefficient (Wildman–Crippen LogP) is 1.88. The summed E-state index contributed by atoms with van der Waals surface area (Å²) in [4.78, 5) is 15.8. The molecule has 0 saturated heterocycles. The molecule has 104 valence electrons. The van der Waals surface area contributed by atoms with Crippen molar-refractivity contribution in [3.63, 3.8) is 0 Å².